The van der Waals surface area contributed by atoms with Crippen molar-refractivity contribution in [3.63, 3.8) is 0 Å². The van der Waals surface area contributed by atoms with Crippen molar-refractivity contribution >= 4 is 21.8 Å². The molecule has 0 fully saturated rings. The van der Waals surface area contributed by atoms with Gasteiger partial charge >= 0.3 is 0 Å². The topological polar surface area (TPSA) is 123 Å². The number of terminal acetylenes is 1. The van der Waals surface area contributed by atoms with Crippen LogP contribution >= 0.6 is 0 Å². The van der Waals surface area contributed by atoms with Crippen molar-refractivity contribution in [3.8, 4) is 23.8 Å². The number of nitrogens with one attached hydrogen (secondary N) is 3. The first-order valence-corrected chi connectivity index (χ1v) is 11.6. The molecule has 0 aliphatic carbocycles. The number of sulfonamides is 1. The van der Waals surface area contributed by atoms with Gasteiger partial charge in [-0.3, -0.25) is 20.4 Å². The fourth-order valence-electron chi connectivity index (χ4n) is 2.60. The fraction of sp³-hybridized carbons (Fsp3) is 0.304. The van der Waals surface area contributed by atoms with Gasteiger partial charge in [0.1, 0.15) is 0 Å². The van der Waals surface area contributed by atoms with Crippen LogP contribution in [0.4, 0.5) is 0 Å². The largest absolute Gasteiger partial charge is 0.493 e. The van der Waals surface area contributed by atoms with Crippen LogP contribution < -0.4 is 25.0 Å². The van der Waals surface area contributed by atoms with Crippen LogP contribution in [0.1, 0.15) is 41.0 Å². The lowest BCUT2D eigenvalue weighted by Gasteiger charge is -2.13. The molecular weight excluding hydrogens is 446 g/mol. The number of rotatable bonds is 10. The molecule has 2 aromatic rings. The third kappa shape index (κ3) is 7.52. The summed E-state index contributed by atoms with van der Waals surface area (Å²) in [6.45, 7) is 4.57. The van der Waals surface area contributed by atoms with E-state index >= 15 is 0 Å². The Bertz CT molecular complexity index is 1120. The Kier molecular flexibility index (Phi) is 9.27. The minimum atomic E-state index is -3.76. The first-order valence-electron chi connectivity index (χ1n) is 10.1. The molecule has 176 valence electrons. The number of carbonyl (C=O) groups is 2. The monoisotopic (exact) mass is 473 g/mol. The first kappa shape index (κ1) is 25.7. The molecule has 2 rings (SSSR count). The van der Waals surface area contributed by atoms with Crippen LogP contribution in [0.25, 0.3) is 0 Å². The zero-order chi connectivity index (χ0) is 24.4. The van der Waals surface area contributed by atoms with Crippen molar-refractivity contribution < 1.29 is 27.5 Å². The van der Waals surface area contributed by atoms with Crippen molar-refractivity contribution in [1.82, 2.24) is 15.6 Å². The minimum absolute atomic E-state index is 0.0406. The second kappa shape index (κ2) is 11.9. The summed E-state index contributed by atoms with van der Waals surface area (Å²) < 4.78 is 37.3. The molecule has 0 bridgehead atoms. The second-order valence-corrected chi connectivity index (χ2v) is 9.12. The average molecular weight is 474 g/mol. The van der Waals surface area contributed by atoms with Crippen LogP contribution in [0.3, 0.4) is 0 Å². The van der Waals surface area contributed by atoms with Gasteiger partial charge in [-0.05, 0) is 54.8 Å². The van der Waals surface area contributed by atoms with Crippen LogP contribution in [0, 0.1) is 18.3 Å². The highest BCUT2D eigenvalue weighted by Gasteiger charge is 2.16. The van der Waals surface area contributed by atoms with E-state index in [4.69, 9.17) is 15.9 Å². The summed E-state index contributed by atoms with van der Waals surface area (Å²) in [6.07, 6.45) is 5.93. The number of hydrogen-bond donors (Lipinski definition) is 3. The number of hydrazine groups is 1. The molecule has 0 aliphatic heterocycles. The van der Waals surface area contributed by atoms with Gasteiger partial charge in [0, 0.05) is 11.1 Å². The van der Waals surface area contributed by atoms with Gasteiger partial charge in [-0.2, -0.15) is 4.72 Å². The molecule has 0 heterocycles. The predicted molar refractivity (Wildman–Crippen MR) is 123 cm³/mol. The Morgan fingerprint density at radius 3 is 2.18 bits per heavy atom. The lowest BCUT2D eigenvalue weighted by molar-refractivity contribution is 0.0846. The smallest absolute Gasteiger partial charge is 0.269 e. The zero-order valence-corrected chi connectivity index (χ0v) is 19.5. The molecule has 0 radical (unpaired) electrons. The third-order valence-electron chi connectivity index (χ3n) is 4.46. The fourth-order valence-corrected chi connectivity index (χ4v) is 3.53. The maximum absolute atomic E-state index is 12.4. The summed E-state index contributed by atoms with van der Waals surface area (Å²) in [7, 11) is -2.29. The summed E-state index contributed by atoms with van der Waals surface area (Å²) in [5.41, 5.74) is 5.00. The highest BCUT2D eigenvalue weighted by atomic mass is 32.2. The van der Waals surface area contributed by atoms with Crippen LogP contribution in [-0.4, -0.2) is 40.5 Å². The second-order valence-electron chi connectivity index (χ2n) is 7.36. The molecule has 0 atom stereocenters. The molecule has 0 saturated heterocycles. The molecule has 0 saturated carbocycles. The summed E-state index contributed by atoms with van der Waals surface area (Å²) in [5.74, 6) is 2.41. The van der Waals surface area contributed by atoms with E-state index in [-0.39, 0.29) is 22.6 Å². The van der Waals surface area contributed by atoms with Gasteiger partial charge in [-0.25, -0.2) is 8.42 Å². The van der Waals surface area contributed by atoms with E-state index in [2.05, 4.69) is 35.3 Å². The Morgan fingerprint density at radius 2 is 1.61 bits per heavy atom. The standard InChI is InChI=1S/C23H27N3O6S/c1-5-13-24-33(29,30)19-9-6-17(7-10-19)22(27)25-26-23(28)18-8-11-20(21(15-18)31-4)32-14-12-16(2)3/h1,6-11,15-16,24H,12-14H2,2-4H3,(H,25,27)(H,26,28). The number of ether oxygens (including phenoxy) is 2. The lowest BCUT2D eigenvalue weighted by Crippen LogP contribution is -2.41. The van der Waals surface area contributed by atoms with Gasteiger partial charge in [0.25, 0.3) is 11.8 Å². The highest BCUT2D eigenvalue weighted by Crippen LogP contribution is 2.28. The van der Waals surface area contributed by atoms with Gasteiger partial charge in [0.05, 0.1) is 25.2 Å². The lowest BCUT2D eigenvalue weighted by atomic mass is 10.1. The number of hydrogen-bond acceptors (Lipinski definition) is 6. The van der Waals surface area contributed by atoms with Crippen LogP contribution in [0.2, 0.25) is 0 Å². The van der Waals surface area contributed by atoms with E-state index < -0.39 is 21.8 Å². The summed E-state index contributed by atoms with van der Waals surface area (Å²) in [4.78, 5) is 24.7. The van der Waals surface area contributed by atoms with E-state index in [1.807, 2.05) is 0 Å². The van der Waals surface area contributed by atoms with Crippen molar-refractivity contribution in [2.45, 2.75) is 25.2 Å². The SMILES string of the molecule is C#CCNS(=O)(=O)c1ccc(C(=O)NNC(=O)c2ccc(OCCC(C)C)c(OC)c2)cc1. The van der Waals surface area contributed by atoms with Crippen LogP contribution in [0.15, 0.2) is 47.4 Å². The maximum Gasteiger partial charge on any atom is 0.269 e. The number of benzene rings is 2. The van der Waals surface area contributed by atoms with Gasteiger partial charge in [0.15, 0.2) is 11.5 Å². The predicted octanol–water partition coefficient (Wildman–Crippen LogP) is 2.11. The summed E-state index contributed by atoms with van der Waals surface area (Å²) in [5, 5.41) is 0. The number of methoxy groups -OCH3 is 1. The zero-order valence-electron chi connectivity index (χ0n) is 18.7. The Morgan fingerprint density at radius 1 is 1.00 bits per heavy atom. The average Bonchev–Trinajstić information content (AvgIpc) is 2.81. The number of amides is 2. The van der Waals surface area contributed by atoms with Gasteiger partial charge < -0.3 is 9.47 Å². The van der Waals surface area contributed by atoms with E-state index in [9.17, 15) is 18.0 Å². The van der Waals surface area contributed by atoms with E-state index in [0.29, 0.717) is 24.0 Å². The van der Waals surface area contributed by atoms with Crippen molar-refractivity contribution in [2.75, 3.05) is 20.3 Å². The van der Waals surface area contributed by atoms with Gasteiger partial charge in [0.2, 0.25) is 10.0 Å². The first-order chi connectivity index (χ1) is 15.7. The third-order valence-corrected chi connectivity index (χ3v) is 5.88. The van der Waals surface area contributed by atoms with Crippen molar-refractivity contribution in [1.29, 1.82) is 0 Å². The van der Waals surface area contributed by atoms with Crippen LogP contribution in [0.5, 0.6) is 11.5 Å². The molecular formula is C23H27N3O6S. The van der Waals surface area contributed by atoms with Crippen molar-refractivity contribution in [3.05, 3.63) is 53.6 Å². The molecule has 3 N–H and O–H groups in total. The normalized spacial score (nSPS) is 10.9. The molecule has 2 aromatic carbocycles. The molecule has 33 heavy (non-hydrogen) atoms. The molecule has 0 aliphatic rings. The molecule has 2 amide bonds. The molecule has 9 nitrogen and oxygen atoms in total. The summed E-state index contributed by atoms with van der Waals surface area (Å²) >= 11 is 0. The number of carbonyl (C=O) groups excluding carboxylic acids is 2. The quantitative estimate of drug-likeness (QED) is 0.359. The Balaban J connectivity index is 1.98. The van der Waals surface area contributed by atoms with E-state index in [1.54, 1.807) is 12.1 Å². The Labute approximate surface area is 193 Å². The molecule has 0 spiro atoms. The Hall–Kier alpha value is -3.55. The summed E-state index contributed by atoms with van der Waals surface area (Å²) in [6, 6.07) is 9.85. The van der Waals surface area contributed by atoms with Crippen molar-refractivity contribution in [2.24, 2.45) is 5.92 Å². The molecule has 10 heteroatoms. The van der Waals surface area contributed by atoms with Crippen LogP contribution in [-0.2, 0) is 10.0 Å². The van der Waals surface area contributed by atoms with Gasteiger partial charge in [-0.15, -0.1) is 6.42 Å². The highest BCUT2D eigenvalue weighted by molar-refractivity contribution is 7.89. The minimum Gasteiger partial charge on any atom is -0.493 e. The van der Waals surface area contributed by atoms with Gasteiger partial charge in [-0.1, -0.05) is 19.8 Å². The molecule has 0 unspecified atom stereocenters. The molecule has 0 aromatic heterocycles. The maximum atomic E-state index is 12.4. The van der Waals surface area contributed by atoms with E-state index in [0.717, 1.165) is 6.42 Å². The van der Waals surface area contributed by atoms with E-state index in [1.165, 1.54) is 37.4 Å².